The second kappa shape index (κ2) is 4.77. The lowest BCUT2D eigenvalue weighted by atomic mass is 10.1. The molecule has 0 aliphatic carbocycles. The normalized spacial score (nSPS) is 11.7. The van der Waals surface area contributed by atoms with Crippen LogP contribution in [-0.4, -0.2) is 16.1 Å². The molecule has 2 aromatic rings. The zero-order valence-electron chi connectivity index (χ0n) is 11.2. The molecule has 0 N–H and O–H groups in total. The van der Waals surface area contributed by atoms with Crippen molar-refractivity contribution in [3.8, 4) is 11.3 Å². The van der Waals surface area contributed by atoms with Gasteiger partial charge < -0.3 is 0 Å². The topological polar surface area (TPSA) is 34.9 Å². The monoisotopic (exact) mass is 282 g/mol. The Kier molecular flexibility index (Phi) is 3.41. The number of nitrogens with zero attached hydrogens (tertiary/aromatic N) is 2. The molecule has 0 radical (unpaired) electrons. The van der Waals surface area contributed by atoms with E-state index in [2.05, 4.69) is 5.10 Å². The zero-order valence-corrected chi connectivity index (χ0v) is 11.2. The van der Waals surface area contributed by atoms with Gasteiger partial charge in [-0.05, 0) is 32.9 Å². The zero-order chi connectivity index (χ0) is 15.1. The minimum Gasteiger partial charge on any atom is -0.298 e. The second-order valence-corrected chi connectivity index (χ2v) is 5.39. The van der Waals surface area contributed by atoms with E-state index < -0.39 is 23.0 Å². The molecule has 1 aromatic heterocycles. The Morgan fingerprint density at radius 3 is 2.35 bits per heavy atom. The average Bonchev–Trinajstić information content (AvgIpc) is 2.80. The summed E-state index contributed by atoms with van der Waals surface area (Å²) in [5, 5.41) is 4.11. The number of carbonyl (C=O) groups excluding carboxylic acids is 1. The van der Waals surface area contributed by atoms with Crippen LogP contribution in [0.2, 0.25) is 0 Å². The lowest BCUT2D eigenvalue weighted by molar-refractivity contribution is 0.112. The van der Waals surface area contributed by atoms with Crippen molar-refractivity contribution in [3.05, 3.63) is 41.3 Å². The summed E-state index contributed by atoms with van der Waals surface area (Å²) in [6.45, 7) is 5.54. The van der Waals surface area contributed by atoms with Crippen LogP contribution in [0.25, 0.3) is 11.3 Å². The fourth-order valence-electron chi connectivity index (χ4n) is 1.74. The Bertz CT molecular complexity index is 672. The smallest absolute Gasteiger partial charge is 0.195 e. The van der Waals surface area contributed by atoms with Crippen LogP contribution in [0.3, 0.4) is 0 Å². The molecule has 0 saturated carbocycles. The molecule has 0 amide bonds. The van der Waals surface area contributed by atoms with E-state index >= 15 is 0 Å². The summed E-state index contributed by atoms with van der Waals surface area (Å²) >= 11 is 0. The third-order valence-electron chi connectivity index (χ3n) is 2.85. The van der Waals surface area contributed by atoms with Crippen molar-refractivity contribution in [2.45, 2.75) is 26.3 Å². The highest BCUT2D eigenvalue weighted by molar-refractivity contribution is 5.85. The van der Waals surface area contributed by atoms with Gasteiger partial charge in [-0.25, -0.2) is 13.2 Å². The first-order valence-electron chi connectivity index (χ1n) is 5.95. The number of hydrogen-bond acceptors (Lipinski definition) is 2. The molecule has 3 nitrogen and oxygen atoms in total. The highest BCUT2D eigenvalue weighted by atomic mass is 19.2. The average molecular weight is 282 g/mol. The van der Waals surface area contributed by atoms with E-state index in [9.17, 15) is 18.0 Å². The third-order valence-corrected chi connectivity index (χ3v) is 2.85. The molecule has 0 unspecified atom stereocenters. The molecular weight excluding hydrogens is 269 g/mol. The number of carbonyl (C=O) groups is 1. The van der Waals surface area contributed by atoms with Crippen LogP contribution in [0.5, 0.6) is 0 Å². The van der Waals surface area contributed by atoms with Crippen molar-refractivity contribution in [3.63, 3.8) is 0 Å². The van der Waals surface area contributed by atoms with Gasteiger partial charge in [-0.15, -0.1) is 0 Å². The van der Waals surface area contributed by atoms with Crippen molar-refractivity contribution in [2.24, 2.45) is 0 Å². The fraction of sp³-hybridized carbons (Fsp3) is 0.286. The Labute approximate surface area is 114 Å². The number of hydrogen-bond donors (Lipinski definition) is 0. The van der Waals surface area contributed by atoms with Gasteiger partial charge >= 0.3 is 0 Å². The highest BCUT2D eigenvalue weighted by Crippen LogP contribution is 2.28. The van der Waals surface area contributed by atoms with Crippen LogP contribution in [-0.2, 0) is 5.54 Å². The van der Waals surface area contributed by atoms with E-state index in [0.29, 0.717) is 6.29 Å². The third kappa shape index (κ3) is 2.33. The fourth-order valence-corrected chi connectivity index (χ4v) is 1.74. The molecular formula is C14H13F3N2O. The first-order valence-corrected chi connectivity index (χ1v) is 5.95. The van der Waals surface area contributed by atoms with Crippen molar-refractivity contribution in [1.82, 2.24) is 9.78 Å². The van der Waals surface area contributed by atoms with Gasteiger partial charge in [0.1, 0.15) is 5.69 Å². The summed E-state index contributed by atoms with van der Waals surface area (Å²) in [5.41, 5.74) is -0.560. The van der Waals surface area contributed by atoms with Gasteiger partial charge in [0, 0.05) is 11.8 Å². The van der Waals surface area contributed by atoms with Crippen molar-refractivity contribution in [2.75, 3.05) is 0 Å². The predicted octanol–water partition coefficient (Wildman–Crippen LogP) is 3.53. The predicted molar refractivity (Wildman–Crippen MR) is 67.9 cm³/mol. The first kappa shape index (κ1) is 14.3. The van der Waals surface area contributed by atoms with Crippen LogP contribution in [0.4, 0.5) is 13.2 Å². The molecule has 0 saturated heterocycles. The molecule has 0 aliphatic rings. The summed E-state index contributed by atoms with van der Waals surface area (Å²) in [6.07, 6.45) is 1.95. The summed E-state index contributed by atoms with van der Waals surface area (Å²) < 4.78 is 41.5. The van der Waals surface area contributed by atoms with Gasteiger partial charge in [0.15, 0.2) is 23.7 Å². The maximum absolute atomic E-state index is 13.8. The summed E-state index contributed by atoms with van der Waals surface area (Å²) in [4.78, 5) is 11.1. The quantitative estimate of drug-likeness (QED) is 0.624. The molecule has 0 aliphatic heterocycles. The number of rotatable bonds is 2. The number of benzene rings is 1. The molecule has 0 atom stereocenters. The Morgan fingerprint density at radius 2 is 1.80 bits per heavy atom. The maximum Gasteiger partial charge on any atom is 0.195 e. The van der Waals surface area contributed by atoms with Crippen molar-refractivity contribution >= 4 is 6.29 Å². The lowest BCUT2D eigenvalue weighted by Gasteiger charge is -2.18. The van der Waals surface area contributed by atoms with Gasteiger partial charge in [0.05, 0.1) is 11.1 Å². The molecule has 0 spiro atoms. The SMILES string of the molecule is CC(C)(C)n1cc(C=O)c(-c2ccc(F)c(F)c2F)n1. The van der Waals surface area contributed by atoms with E-state index in [4.69, 9.17) is 0 Å². The summed E-state index contributed by atoms with van der Waals surface area (Å²) in [5.74, 6) is -4.22. The Hall–Kier alpha value is -2.11. The maximum atomic E-state index is 13.8. The van der Waals surface area contributed by atoms with Gasteiger partial charge in [0.2, 0.25) is 0 Å². The van der Waals surface area contributed by atoms with Crippen LogP contribution in [0.1, 0.15) is 31.1 Å². The number of halogens is 3. The summed E-state index contributed by atoms with van der Waals surface area (Å²) in [7, 11) is 0. The van der Waals surface area contributed by atoms with Crippen LogP contribution >= 0.6 is 0 Å². The number of aromatic nitrogens is 2. The molecule has 2 rings (SSSR count). The lowest BCUT2D eigenvalue weighted by Crippen LogP contribution is -2.22. The van der Waals surface area contributed by atoms with Gasteiger partial charge in [0.25, 0.3) is 0 Å². The van der Waals surface area contributed by atoms with E-state index in [1.165, 1.54) is 10.9 Å². The van der Waals surface area contributed by atoms with Gasteiger partial charge in [-0.3, -0.25) is 9.48 Å². The summed E-state index contributed by atoms with van der Waals surface area (Å²) in [6, 6.07) is 1.87. The Morgan fingerprint density at radius 1 is 1.15 bits per heavy atom. The molecule has 0 fully saturated rings. The largest absolute Gasteiger partial charge is 0.298 e. The molecule has 1 aromatic carbocycles. The van der Waals surface area contributed by atoms with Crippen LogP contribution in [0, 0.1) is 17.5 Å². The highest BCUT2D eigenvalue weighted by Gasteiger charge is 2.22. The molecule has 1 heterocycles. The van der Waals surface area contributed by atoms with Gasteiger partial charge in [-0.2, -0.15) is 5.10 Å². The van der Waals surface area contributed by atoms with Crippen LogP contribution in [0.15, 0.2) is 18.3 Å². The molecule has 6 heteroatoms. The first-order chi connectivity index (χ1) is 9.25. The standard InChI is InChI=1S/C14H13F3N2O/c1-14(2,3)19-6-8(7-20)13(18-19)9-4-5-10(15)12(17)11(9)16/h4-7H,1-3H3. The van der Waals surface area contributed by atoms with Gasteiger partial charge in [-0.1, -0.05) is 0 Å². The number of aldehydes is 1. The Balaban J connectivity index is 2.67. The van der Waals surface area contributed by atoms with E-state index in [1.807, 2.05) is 20.8 Å². The van der Waals surface area contributed by atoms with Crippen molar-refractivity contribution in [1.29, 1.82) is 0 Å². The van der Waals surface area contributed by atoms with E-state index in [0.717, 1.165) is 12.1 Å². The minimum absolute atomic E-state index is 0.00803. The second-order valence-electron chi connectivity index (χ2n) is 5.39. The molecule has 20 heavy (non-hydrogen) atoms. The van der Waals surface area contributed by atoms with Crippen molar-refractivity contribution < 1.29 is 18.0 Å². The molecule has 106 valence electrons. The minimum atomic E-state index is -1.58. The molecule has 0 bridgehead atoms. The van der Waals surface area contributed by atoms with Crippen LogP contribution < -0.4 is 0 Å². The van der Waals surface area contributed by atoms with E-state index in [1.54, 1.807) is 0 Å². The van der Waals surface area contributed by atoms with E-state index in [-0.39, 0.29) is 16.8 Å².